The molecule has 0 N–H and O–H groups in total. The van der Waals surface area contributed by atoms with Gasteiger partial charge in [0.15, 0.2) is 0 Å². The van der Waals surface area contributed by atoms with Gasteiger partial charge in [-0.3, -0.25) is 0 Å². The van der Waals surface area contributed by atoms with Crippen molar-refractivity contribution in [3.63, 3.8) is 0 Å². The monoisotopic (exact) mass is 438 g/mol. The van der Waals surface area contributed by atoms with Gasteiger partial charge in [0.1, 0.15) is 0 Å². The van der Waals surface area contributed by atoms with Crippen molar-refractivity contribution in [2.24, 2.45) is 0 Å². The molecule has 0 aliphatic rings. The zero-order valence-electron chi connectivity index (χ0n) is 13.8. The molecule has 3 aromatic rings. The van der Waals surface area contributed by atoms with Crippen molar-refractivity contribution in [3.05, 3.63) is 90.0 Å². The topological polar surface area (TPSA) is 0 Å². The Bertz CT molecular complexity index is 570. The first-order valence-corrected chi connectivity index (χ1v) is 12.8. The van der Waals surface area contributed by atoms with Crippen LogP contribution in [0.15, 0.2) is 78.9 Å². The van der Waals surface area contributed by atoms with Crippen LogP contribution in [0.1, 0.15) is 11.1 Å². The average molecular weight is 441 g/mol. The van der Waals surface area contributed by atoms with Crippen LogP contribution in [0.2, 0.25) is 6.55 Å². The van der Waals surface area contributed by atoms with Gasteiger partial charge >= 0.3 is 70.8 Å². The van der Waals surface area contributed by atoms with E-state index in [9.17, 15) is 0 Å². The van der Waals surface area contributed by atoms with E-state index < -0.39 is 0 Å². The molecule has 0 radical (unpaired) electrons. The van der Waals surface area contributed by atoms with Crippen molar-refractivity contribution in [3.8, 4) is 0 Å². The van der Waals surface area contributed by atoms with Gasteiger partial charge in [-0.15, -0.1) is 0 Å². The Kier molecular flexibility index (Phi) is 16.4. The summed E-state index contributed by atoms with van der Waals surface area (Å²) in [5.41, 5.74) is 2.56. The molecule has 0 amide bonds. The fraction of sp³-hybridized carbons (Fsp3) is 0.158. The third-order valence-electron chi connectivity index (χ3n) is 2.87. The summed E-state index contributed by atoms with van der Waals surface area (Å²) in [4.78, 5) is 0. The fourth-order valence-corrected chi connectivity index (χ4v) is 3.55. The number of hydrogen-bond acceptors (Lipinski definition) is 0. The van der Waals surface area contributed by atoms with Gasteiger partial charge in [-0.2, -0.15) is 35.4 Å². The summed E-state index contributed by atoms with van der Waals surface area (Å²) in [6.45, 7) is 6.51. The maximum Gasteiger partial charge on any atom is -0.0860 e. The Balaban J connectivity index is 0. The Labute approximate surface area is 168 Å². The van der Waals surface area contributed by atoms with E-state index >= 15 is 0 Å². The summed E-state index contributed by atoms with van der Waals surface area (Å²) < 4.78 is 0. The van der Waals surface area contributed by atoms with E-state index in [1.165, 1.54) is 11.1 Å². The molecule has 122 valence electrons. The van der Waals surface area contributed by atoms with Crippen LogP contribution in [0.3, 0.4) is 0 Å². The molecule has 0 bridgehead atoms. The molecule has 4 heteroatoms. The van der Waals surface area contributed by atoms with E-state index in [1.54, 1.807) is 28.5 Å². The van der Waals surface area contributed by atoms with Crippen LogP contribution >= 0.6 is 0 Å². The molecule has 0 fully saturated rings. The molecule has 0 aromatic heterocycles. The molecular formula is C19H22Cl2SiZr-2. The standard InChI is InChI=1S/C7H8Si.2C6H7.2ClH.Zr/c1-8-7-5-3-2-4-6-7;2*1-6-4-2-3-5-6;;;/h2-6H,1H3;2*2-5H,1H3;2*1H;/q;2*-1;;;+2/p-2. The van der Waals surface area contributed by atoms with Crippen molar-refractivity contribution < 1.29 is 48.1 Å². The molecule has 0 saturated heterocycles. The summed E-state index contributed by atoms with van der Waals surface area (Å²) >= 11 is 1.69. The van der Waals surface area contributed by atoms with Crippen molar-refractivity contribution in [2.75, 3.05) is 0 Å². The first kappa shape index (κ1) is 24.8. The third-order valence-corrected chi connectivity index (χ3v) is 6.19. The van der Waals surface area contributed by atoms with E-state index in [1.807, 2.05) is 24.3 Å². The van der Waals surface area contributed by atoms with Gasteiger partial charge in [0.2, 0.25) is 0 Å². The molecule has 0 atom stereocenters. The second-order valence-electron chi connectivity index (χ2n) is 4.92. The molecule has 0 saturated carbocycles. The SMILES string of the molecule is C[Si](=[Zr+2])c1ccccc1.C[c-]1cccc1.C[c-]1cccc1.[Cl-].[Cl-]. The second-order valence-corrected chi connectivity index (χ2v) is 12.3. The van der Waals surface area contributed by atoms with E-state index in [0.717, 1.165) is 0 Å². The molecule has 0 nitrogen and oxygen atoms in total. The van der Waals surface area contributed by atoms with Crippen LogP contribution in [-0.4, -0.2) is 5.43 Å². The zero-order chi connectivity index (χ0) is 15.5. The Morgan fingerprint density at radius 2 is 1.04 bits per heavy atom. The number of rotatable bonds is 1. The molecule has 0 aliphatic heterocycles. The van der Waals surface area contributed by atoms with E-state index in [4.69, 9.17) is 0 Å². The summed E-state index contributed by atoms with van der Waals surface area (Å²) in [6.07, 6.45) is 0. The van der Waals surface area contributed by atoms with E-state index in [0.29, 0.717) is 0 Å². The van der Waals surface area contributed by atoms with Crippen LogP contribution in [-0.2, 0) is 23.3 Å². The number of aryl methyl sites for hydroxylation is 2. The Morgan fingerprint density at radius 3 is 1.22 bits per heavy atom. The van der Waals surface area contributed by atoms with Gasteiger partial charge in [0.05, 0.1) is 0 Å². The van der Waals surface area contributed by atoms with Crippen LogP contribution in [0.5, 0.6) is 0 Å². The minimum atomic E-state index is -0.122. The molecule has 0 aliphatic carbocycles. The number of benzene rings is 1. The van der Waals surface area contributed by atoms with Gasteiger partial charge in [0.25, 0.3) is 0 Å². The predicted octanol–water partition coefficient (Wildman–Crippen LogP) is -1.50. The maximum atomic E-state index is 2.35. The molecule has 23 heavy (non-hydrogen) atoms. The summed E-state index contributed by atoms with van der Waals surface area (Å²) in [7, 11) is 0. The van der Waals surface area contributed by atoms with Gasteiger partial charge in [-0.05, 0) is 0 Å². The molecule has 3 rings (SSSR count). The third kappa shape index (κ3) is 12.7. The minimum Gasteiger partial charge on any atom is -1.00 e. The summed E-state index contributed by atoms with van der Waals surface area (Å²) in [5.74, 6) is 0. The fourth-order valence-electron chi connectivity index (χ4n) is 1.63. The first-order chi connectivity index (χ1) is 10.1. The van der Waals surface area contributed by atoms with Crippen molar-refractivity contribution in [2.45, 2.75) is 20.4 Å². The van der Waals surface area contributed by atoms with Crippen molar-refractivity contribution >= 4 is 10.6 Å². The number of hydrogen-bond donors (Lipinski definition) is 0. The van der Waals surface area contributed by atoms with E-state index in [-0.39, 0.29) is 30.2 Å². The Morgan fingerprint density at radius 1 is 0.696 bits per heavy atom. The largest absolute Gasteiger partial charge is 1.00 e. The van der Waals surface area contributed by atoms with Crippen LogP contribution in [0.4, 0.5) is 0 Å². The molecular weight excluding hydrogens is 418 g/mol. The van der Waals surface area contributed by atoms with Crippen molar-refractivity contribution in [1.29, 1.82) is 0 Å². The van der Waals surface area contributed by atoms with Gasteiger partial charge in [-0.25, -0.2) is 24.3 Å². The zero-order valence-corrected chi connectivity index (χ0v) is 18.7. The van der Waals surface area contributed by atoms with Gasteiger partial charge in [-0.1, -0.05) is 13.8 Å². The smallest absolute Gasteiger partial charge is 0.0860 e. The van der Waals surface area contributed by atoms with Crippen LogP contribution in [0, 0.1) is 13.8 Å². The summed E-state index contributed by atoms with van der Waals surface area (Å²) in [6, 6.07) is 27.2. The molecule has 3 aromatic carbocycles. The molecule has 0 spiro atoms. The summed E-state index contributed by atoms with van der Waals surface area (Å²) in [5, 5.41) is 1.56. The minimum absolute atomic E-state index is 0. The first-order valence-electron chi connectivity index (χ1n) is 7.07. The van der Waals surface area contributed by atoms with E-state index in [2.05, 4.69) is 75.0 Å². The van der Waals surface area contributed by atoms with Crippen LogP contribution in [0.25, 0.3) is 0 Å². The second kappa shape index (κ2) is 15.1. The maximum absolute atomic E-state index is 2.35. The quantitative estimate of drug-likeness (QED) is 0.319. The average Bonchev–Trinajstić information content (AvgIpc) is 3.15. The van der Waals surface area contributed by atoms with Crippen LogP contribution < -0.4 is 30.0 Å². The normalized spacial score (nSPS) is 8.22. The molecule has 0 heterocycles. The van der Waals surface area contributed by atoms with Gasteiger partial charge in [0, 0.05) is 0 Å². The molecule has 0 unspecified atom stereocenters. The van der Waals surface area contributed by atoms with Gasteiger partial charge < -0.3 is 24.8 Å². The Hall–Kier alpha value is -0.400. The predicted molar refractivity (Wildman–Crippen MR) is 91.2 cm³/mol. The van der Waals surface area contributed by atoms with Crippen molar-refractivity contribution in [1.82, 2.24) is 0 Å². The number of halogens is 2.